The van der Waals surface area contributed by atoms with Crippen LogP contribution in [0.5, 0.6) is 34.5 Å². The summed E-state index contributed by atoms with van der Waals surface area (Å²) < 4.78 is 37.7. The van der Waals surface area contributed by atoms with Gasteiger partial charge in [0.25, 0.3) is 11.8 Å². The summed E-state index contributed by atoms with van der Waals surface area (Å²) in [5.41, 5.74) is 0.619. The molecule has 40 heavy (non-hydrogen) atoms. The van der Waals surface area contributed by atoms with E-state index in [1.807, 2.05) is 0 Å². The number of esters is 1. The first kappa shape index (κ1) is 30.2. The molecule has 0 spiro atoms. The molecule has 0 aromatic heterocycles. The SMILES string of the molecule is CCC(=O)OCC1CN(C(=O)c2cc(OC)c(OC)c(OC)c2)CCN1C(=O)c1cc(OC)c(OC)c(OC)c1. The molecular weight excluding hydrogens is 524 g/mol. The molecular formula is C28H36N2O10. The van der Waals surface area contributed by atoms with Crippen LogP contribution in [0.2, 0.25) is 0 Å². The van der Waals surface area contributed by atoms with Gasteiger partial charge < -0.3 is 43.0 Å². The van der Waals surface area contributed by atoms with Crippen LogP contribution in [-0.2, 0) is 9.53 Å². The quantitative estimate of drug-likeness (QED) is 0.379. The lowest BCUT2D eigenvalue weighted by Gasteiger charge is -2.41. The summed E-state index contributed by atoms with van der Waals surface area (Å²) in [4.78, 5) is 42.5. The van der Waals surface area contributed by atoms with E-state index in [9.17, 15) is 14.4 Å². The highest BCUT2D eigenvalue weighted by Crippen LogP contribution is 2.40. The Morgan fingerprint density at radius 2 is 1.15 bits per heavy atom. The average Bonchev–Trinajstić information content (AvgIpc) is 3.00. The topological polar surface area (TPSA) is 122 Å². The van der Waals surface area contributed by atoms with E-state index in [1.54, 1.807) is 41.0 Å². The first-order valence-electron chi connectivity index (χ1n) is 12.6. The van der Waals surface area contributed by atoms with Crippen LogP contribution >= 0.6 is 0 Å². The van der Waals surface area contributed by atoms with Crippen LogP contribution in [0.1, 0.15) is 34.1 Å². The minimum absolute atomic E-state index is 0.0815. The molecule has 1 saturated heterocycles. The van der Waals surface area contributed by atoms with Gasteiger partial charge in [0.05, 0.1) is 48.7 Å². The number of rotatable bonds is 11. The minimum Gasteiger partial charge on any atom is -0.493 e. The Labute approximate surface area is 233 Å². The Morgan fingerprint density at radius 3 is 1.55 bits per heavy atom. The lowest BCUT2D eigenvalue weighted by Crippen LogP contribution is -2.58. The number of benzene rings is 2. The standard InChI is InChI=1S/C28H36N2O10/c1-8-24(31)40-16-19-15-29(27(32)17-11-20(34-2)25(38-6)21(12-17)35-3)9-10-30(19)28(33)18-13-22(36-4)26(39-7)23(14-18)37-5/h11-14,19H,8-10,15-16H2,1-7H3. The van der Waals surface area contributed by atoms with E-state index in [2.05, 4.69) is 0 Å². The molecule has 1 aliphatic heterocycles. The lowest BCUT2D eigenvalue weighted by atomic mass is 10.1. The van der Waals surface area contributed by atoms with Gasteiger partial charge in [-0.1, -0.05) is 6.92 Å². The molecule has 1 atom stereocenters. The second-order valence-electron chi connectivity index (χ2n) is 8.77. The Hall–Kier alpha value is -4.35. The Bertz CT molecular complexity index is 1180. The predicted molar refractivity (Wildman–Crippen MR) is 144 cm³/mol. The van der Waals surface area contributed by atoms with Crippen molar-refractivity contribution in [1.29, 1.82) is 0 Å². The van der Waals surface area contributed by atoms with Crippen LogP contribution in [0.3, 0.4) is 0 Å². The number of ether oxygens (including phenoxy) is 7. The van der Waals surface area contributed by atoms with E-state index in [4.69, 9.17) is 33.2 Å². The van der Waals surface area contributed by atoms with Crippen LogP contribution in [0.25, 0.3) is 0 Å². The molecule has 0 aliphatic carbocycles. The zero-order valence-electron chi connectivity index (χ0n) is 23.9. The summed E-state index contributed by atoms with van der Waals surface area (Å²) in [6.45, 7) is 2.16. The summed E-state index contributed by atoms with van der Waals surface area (Å²) in [7, 11) is 8.82. The van der Waals surface area contributed by atoms with Gasteiger partial charge in [0.1, 0.15) is 6.61 Å². The molecule has 1 aliphatic rings. The molecule has 2 amide bonds. The van der Waals surface area contributed by atoms with Crippen LogP contribution in [0.15, 0.2) is 24.3 Å². The normalized spacial score (nSPS) is 14.7. The van der Waals surface area contributed by atoms with Gasteiger partial charge in [-0.15, -0.1) is 0 Å². The maximum atomic E-state index is 13.7. The maximum Gasteiger partial charge on any atom is 0.305 e. The van der Waals surface area contributed by atoms with Gasteiger partial charge in [-0.05, 0) is 24.3 Å². The fraction of sp³-hybridized carbons (Fsp3) is 0.464. The van der Waals surface area contributed by atoms with Crippen molar-refractivity contribution in [1.82, 2.24) is 9.80 Å². The second kappa shape index (κ2) is 13.6. The van der Waals surface area contributed by atoms with E-state index >= 15 is 0 Å². The van der Waals surface area contributed by atoms with Crippen molar-refractivity contribution in [3.8, 4) is 34.5 Å². The van der Waals surface area contributed by atoms with Gasteiger partial charge >= 0.3 is 5.97 Å². The zero-order chi connectivity index (χ0) is 29.4. The molecule has 2 aromatic carbocycles. The van der Waals surface area contributed by atoms with Crippen molar-refractivity contribution in [3.05, 3.63) is 35.4 Å². The van der Waals surface area contributed by atoms with E-state index in [0.29, 0.717) is 45.6 Å². The van der Waals surface area contributed by atoms with E-state index in [1.165, 1.54) is 42.7 Å². The fourth-order valence-corrected chi connectivity index (χ4v) is 4.50. The van der Waals surface area contributed by atoms with E-state index in [0.717, 1.165) is 0 Å². The Morgan fingerprint density at radius 1 is 0.700 bits per heavy atom. The molecule has 0 bridgehead atoms. The highest BCUT2D eigenvalue weighted by Gasteiger charge is 2.35. The van der Waals surface area contributed by atoms with Crippen molar-refractivity contribution in [2.75, 3.05) is 68.9 Å². The van der Waals surface area contributed by atoms with Crippen molar-refractivity contribution in [3.63, 3.8) is 0 Å². The van der Waals surface area contributed by atoms with Crippen molar-refractivity contribution in [2.24, 2.45) is 0 Å². The molecule has 0 saturated carbocycles. The Kier molecular flexibility index (Phi) is 10.3. The number of amides is 2. The summed E-state index contributed by atoms with van der Waals surface area (Å²) in [5, 5.41) is 0. The molecule has 0 radical (unpaired) electrons. The first-order chi connectivity index (χ1) is 19.3. The van der Waals surface area contributed by atoms with Crippen molar-refractivity contribution >= 4 is 17.8 Å². The number of hydrogen-bond donors (Lipinski definition) is 0. The molecule has 1 heterocycles. The number of methoxy groups -OCH3 is 6. The molecule has 2 aromatic rings. The third kappa shape index (κ3) is 6.27. The summed E-state index contributed by atoms with van der Waals surface area (Å²) in [6.07, 6.45) is 0.182. The van der Waals surface area contributed by atoms with Crippen LogP contribution in [0, 0.1) is 0 Å². The van der Waals surface area contributed by atoms with Crippen LogP contribution in [-0.4, -0.2) is 103 Å². The van der Waals surface area contributed by atoms with Gasteiger partial charge in [-0.25, -0.2) is 0 Å². The fourth-order valence-electron chi connectivity index (χ4n) is 4.50. The van der Waals surface area contributed by atoms with Crippen molar-refractivity contribution in [2.45, 2.75) is 19.4 Å². The van der Waals surface area contributed by atoms with Crippen LogP contribution < -0.4 is 28.4 Å². The smallest absolute Gasteiger partial charge is 0.305 e. The monoisotopic (exact) mass is 560 g/mol. The zero-order valence-corrected chi connectivity index (χ0v) is 23.9. The lowest BCUT2D eigenvalue weighted by molar-refractivity contribution is -0.145. The molecule has 1 unspecified atom stereocenters. The average molecular weight is 561 g/mol. The van der Waals surface area contributed by atoms with E-state index in [-0.39, 0.29) is 44.5 Å². The predicted octanol–water partition coefficient (Wildman–Crippen LogP) is 2.66. The highest BCUT2D eigenvalue weighted by molar-refractivity contribution is 5.97. The number of piperazine rings is 1. The highest BCUT2D eigenvalue weighted by atomic mass is 16.5. The second-order valence-corrected chi connectivity index (χ2v) is 8.77. The first-order valence-corrected chi connectivity index (χ1v) is 12.6. The summed E-state index contributed by atoms with van der Waals surface area (Å²) >= 11 is 0. The number of hydrogen-bond acceptors (Lipinski definition) is 10. The van der Waals surface area contributed by atoms with E-state index < -0.39 is 12.0 Å². The number of nitrogens with zero attached hydrogens (tertiary/aromatic N) is 2. The number of carbonyl (C=O) groups excluding carboxylic acids is 3. The minimum atomic E-state index is -0.609. The molecule has 218 valence electrons. The number of carbonyl (C=O) groups is 3. The van der Waals surface area contributed by atoms with Gasteiger partial charge in [-0.2, -0.15) is 0 Å². The molecule has 1 fully saturated rings. The van der Waals surface area contributed by atoms with Gasteiger partial charge in [0, 0.05) is 37.2 Å². The summed E-state index contributed by atoms with van der Waals surface area (Å²) in [5.74, 6) is 1.02. The van der Waals surface area contributed by atoms with Gasteiger partial charge in [-0.3, -0.25) is 14.4 Å². The van der Waals surface area contributed by atoms with Crippen LogP contribution in [0.4, 0.5) is 0 Å². The Balaban J connectivity index is 1.92. The molecule has 12 heteroatoms. The van der Waals surface area contributed by atoms with Gasteiger partial charge in [0.2, 0.25) is 11.5 Å². The summed E-state index contributed by atoms with van der Waals surface area (Å²) in [6, 6.07) is 5.66. The molecule has 12 nitrogen and oxygen atoms in total. The third-order valence-electron chi connectivity index (χ3n) is 6.58. The molecule has 3 rings (SSSR count). The third-order valence-corrected chi connectivity index (χ3v) is 6.58. The van der Waals surface area contributed by atoms with Crippen molar-refractivity contribution < 1.29 is 47.5 Å². The largest absolute Gasteiger partial charge is 0.493 e. The molecule has 0 N–H and O–H groups in total. The van der Waals surface area contributed by atoms with Gasteiger partial charge in [0.15, 0.2) is 23.0 Å². The maximum absolute atomic E-state index is 13.7.